The van der Waals surface area contributed by atoms with E-state index in [2.05, 4.69) is 32.6 Å². The summed E-state index contributed by atoms with van der Waals surface area (Å²) in [6.07, 6.45) is 4.70. The number of likely N-dealkylation sites (tertiary alicyclic amines) is 2. The number of urea groups is 1. The zero-order valence-corrected chi connectivity index (χ0v) is 13.1. The molecule has 110 valence electrons. The molecule has 19 heavy (non-hydrogen) atoms. The van der Waals surface area contributed by atoms with Crippen LogP contribution >= 0.6 is 0 Å². The second-order valence-corrected chi connectivity index (χ2v) is 7.01. The lowest BCUT2D eigenvalue weighted by molar-refractivity contribution is 0.0263. The number of amides is 2. The molecule has 0 N–H and O–H groups in total. The highest BCUT2D eigenvalue weighted by atomic mass is 16.2. The standard InChI is InChI=1S/C16H30N2O/c1-13(2)16(14(3)4)7-11-18(12-8-16)15(19)17-9-5-6-10-17/h13-14H,5-12H2,1-4H3. The normalized spacial score (nSPS) is 23.5. The van der Waals surface area contributed by atoms with E-state index >= 15 is 0 Å². The number of hydrogen-bond donors (Lipinski definition) is 0. The molecule has 2 aliphatic rings. The predicted octanol–water partition coefficient (Wildman–Crippen LogP) is 3.60. The Balaban J connectivity index is 1.96. The minimum atomic E-state index is 0.290. The Kier molecular flexibility index (Phi) is 4.42. The fourth-order valence-electron chi connectivity index (χ4n) is 4.04. The lowest BCUT2D eigenvalue weighted by Gasteiger charge is -2.48. The number of nitrogens with zero attached hydrogens (tertiary/aromatic N) is 2. The van der Waals surface area contributed by atoms with Crippen molar-refractivity contribution in [2.24, 2.45) is 17.3 Å². The van der Waals surface area contributed by atoms with Crippen molar-refractivity contribution in [3.63, 3.8) is 0 Å². The molecule has 2 heterocycles. The lowest BCUT2D eigenvalue weighted by atomic mass is 9.63. The summed E-state index contributed by atoms with van der Waals surface area (Å²) >= 11 is 0. The van der Waals surface area contributed by atoms with Crippen LogP contribution in [0.4, 0.5) is 4.79 Å². The molecule has 0 bridgehead atoms. The van der Waals surface area contributed by atoms with E-state index in [1.807, 2.05) is 4.90 Å². The first-order chi connectivity index (χ1) is 8.97. The van der Waals surface area contributed by atoms with Crippen LogP contribution in [0.5, 0.6) is 0 Å². The van der Waals surface area contributed by atoms with Gasteiger partial charge in [-0.05, 0) is 42.9 Å². The Morgan fingerprint density at radius 3 is 1.68 bits per heavy atom. The van der Waals surface area contributed by atoms with Crippen LogP contribution < -0.4 is 0 Å². The summed E-state index contributed by atoms with van der Waals surface area (Å²) in [5, 5.41) is 0. The van der Waals surface area contributed by atoms with Crippen LogP contribution in [-0.2, 0) is 0 Å². The molecule has 0 aliphatic carbocycles. The Labute approximate surface area is 118 Å². The lowest BCUT2D eigenvalue weighted by Crippen LogP contribution is -2.50. The average Bonchev–Trinajstić information content (AvgIpc) is 2.91. The maximum absolute atomic E-state index is 12.4. The van der Waals surface area contributed by atoms with Gasteiger partial charge in [0.25, 0.3) is 0 Å². The van der Waals surface area contributed by atoms with Gasteiger partial charge in [0.15, 0.2) is 0 Å². The van der Waals surface area contributed by atoms with E-state index in [0.29, 0.717) is 23.3 Å². The zero-order chi connectivity index (χ0) is 14.0. The Bertz CT molecular complexity index is 301. The van der Waals surface area contributed by atoms with E-state index in [4.69, 9.17) is 0 Å². The Hall–Kier alpha value is -0.730. The van der Waals surface area contributed by atoms with Crippen LogP contribution in [0.2, 0.25) is 0 Å². The number of carbonyl (C=O) groups excluding carboxylic acids is 1. The van der Waals surface area contributed by atoms with Crippen LogP contribution in [0.15, 0.2) is 0 Å². The van der Waals surface area contributed by atoms with Crippen molar-refractivity contribution in [1.82, 2.24) is 9.80 Å². The third kappa shape index (κ3) is 2.75. The van der Waals surface area contributed by atoms with E-state index in [0.717, 1.165) is 26.2 Å². The van der Waals surface area contributed by atoms with Gasteiger partial charge in [0.2, 0.25) is 0 Å². The van der Waals surface area contributed by atoms with Crippen molar-refractivity contribution in [2.75, 3.05) is 26.2 Å². The second kappa shape index (κ2) is 5.72. The van der Waals surface area contributed by atoms with Crippen LogP contribution in [0.3, 0.4) is 0 Å². The van der Waals surface area contributed by atoms with Crippen molar-refractivity contribution in [1.29, 1.82) is 0 Å². The first-order valence-electron chi connectivity index (χ1n) is 8.01. The summed E-state index contributed by atoms with van der Waals surface area (Å²) in [7, 11) is 0. The van der Waals surface area contributed by atoms with Gasteiger partial charge in [-0.2, -0.15) is 0 Å². The molecular weight excluding hydrogens is 236 g/mol. The third-order valence-corrected chi connectivity index (χ3v) is 5.64. The quantitative estimate of drug-likeness (QED) is 0.749. The highest BCUT2D eigenvalue weighted by Gasteiger charge is 2.41. The zero-order valence-electron chi connectivity index (χ0n) is 13.1. The van der Waals surface area contributed by atoms with Crippen LogP contribution in [0, 0.1) is 17.3 Å². The molecule has 0 aromatic carbocycles. The minimum Gasteiger partial charge on any atom is -0.325 e. The molecular formula is C16H30N2O. The molecule has 0 atom stereocenters. The largest absolute Gasteiger partial charge is 0.325 e. The maximum atomic E-state index is 12.4. The molecule has 0 unspecified atom stereocenters. The summed E-state index contributed by atoms with van der Waals surface area (Å²) in [5.74, 6) is 1.41. The molecule has 0 aromatic heterocycles. The molecule has 2 amide bonds. The van der Waals surface area contributed by atoms with E-state index in [1.54, 1.807) is 0 Å². The number of hydrogen-bond acceptors (Lipinski definition) is 1. The topological polar surface area (TPSA) is 23.6 Å². The van der Waals surface area contributed by atoms with Crippen LogP contribution in [0.25, 0.3) is 0 Å². The van der Waals surface area contributed by atoms with Gasteiger partial charge in [-0.3, -0.25) is 0 Å². The summed E-state index contributed by atoms with van der Waals surface area (Å²) < 4.78 is 0. The van der Waals surface area contributed by atoms with Crippen LogP contribution in [0.1, 0.15) is 53.4 Å². The first-order valence-corrected chi connectivity index (χ1v) is 8.01. The molecule has 3 heteroatoms. The Morgan fingerprint density at radius 1 is 0.842 bits per heavy atom. The van der Waals surface area contributed by atoms with Crippen molar-refractivity contribution in [3.8, 4) is 0 Å². The van der Waals surface area contributed by atoms with Gasteiger partial charge in [-0.1, -0.05) is 27.7 Å². The maximum Gasteiger partial charge on any atom is 0.319 e. The molecule has 0 saturated carbocycles. The van der Waals surface area contributed by atoms with Crippen molar-refractivity contribution in [2.45, 2.75) is 53.4 Å². The highest BCUT2D eigenvalue weighted by Crippen LogP contribution is 2.45. The molecule has 0 radical (unpaired) electrons. The fraction of sp³-hybridized carbons (Fsp3) is 0.938. The van der Waals surface area contributed by atoms with Crippen LogP contribution in [-0.4, -0.2) is 42.0 Å². The predicted molar refractivity (Wildman–Crippen MR) is 79.1 cm³/mol. The summed E-state index contributed by atoms with van der Waals surface area (Å²) in [4.78, 5) is 16.5. The molecule has 3 nitrogen and oxygen atoms in total. The SMILES string of the molecule is CC(C)C1(C(C)C)CCN(C(=O)N2CCCC2)CC1. The molecule has 2 aliphatic heterocycles. The molecule has 2 saturated heterocycles. The number of carbonyl (C=O) groups is 1. The van der Waals surface area contributed by atoms with Gasteiger partial charge in [0.05, 0.1) is 0 Å². The summed E-state index contributed by atoms with van der Waals surface area (Å²) in [6.45, 7) is 13.2. The van der Waals surface area contributed by atoms with Crippen molar-refractivity contribution < 1.29 is 4.79 Å². The first kappa shape index (κ1) is 14.7. The third-order valence-electron chi connectivity index (χ3n) is 5.64. The van der Waals surface area contributed by atoms with Crippen molar-refractivity contribution in [3.05, 3.63) is 0 Å². The smallest absolute Gasteiger partial charge is 0.319 e. The fourth-order valence-corrected chi connectivity index (χ4v) is 4.04. The van der Waals surface area contributed by atoms with Gasteiger partial charge in [0, 0.05) is 26.2 Å². The van der Waals surface area contributed by atoms with E-state index in [9.17, 15) is 4.79 Å². The van der Waals surface area contributed by atoms with Gasteiger partial charge >= 0.3 is 6.03 Å². The number of rotatable bonds is 2. The number of piperidine rings is 1. The summed E-state index contributed by atoms with van der Waals surface area (Å²) in [6, 6.07) is 0.290. The highest BCUT2D eigenvalue weighted by molar-refractivity contribution is 5.74. The average molecular weight is 266 g/mol. The monoisotopic (exact) mass is 266 g/mol. The van der Waals surface area contributed by atoms with Gasteiger partial charge < -0.3 is 9.80 Å². The molecule has 2 rings (SSSR count). The van der Waals surface area contributed by atoms with E-state index < -0.39 is 0 Å². The minimum absolute atomic E-state index is 0.290. The van der Waals surface area contributed by atoms with Crippen molar-refractivity contribution >= 4 is 6.03 Å². The van der Waals surface area contributed by atoms with Gasteiger partial charge in [-0.15, -0.1) is 0 Å². The Morgan fingerprint density at radius 2 is 1.26 bits per heavy atom. The van der Waals surface area contributed by atoms with Gasteiger partial charge in [-0.25, -0.2) is 4.79 Å². The van der Waals surface area contributed by atoms with E-state index in [-0.39, 0.29) is 0 Å². The second-order valence-electron chi connectivity index (χ2n) is 7.01. The molecule has 0 spiro atoms. The van der Waals surface area contributed by atoms with Gasteiger partial charge in [0.1, 0.15) is 0 Å². The molecule has 2 fully saturated rings. The summed E-state index contributed by atoms with van der Waals surface area (Å²) in [5.41, 5.74) is 0.432. The molecule has 0 aromatic rings. The van der Waals surface area contributed by atoms with E-state index in [1.165, 1.54) is 25.7 Å².